The molecule has 4 unspecified atom stereocenters. The molecule has 0 spiro atoms. The van der Waals surface area contributed by atoms with Crippen molar-refractivity contribution in [1.82, 2.24) is 0 Å². The molecule has 20 atom stereocenters. The predicted octanol–water partition coefficient (Wildman–Crippen LogP) is 12.0. The predicted molar refractivity (Wildman–Crippen MR) is 354 cm³/mol. The first-order valence-corrected chi connectivity index (χ1v) is 36.2. The average molecular weight is 1300 g/mol. The van der Waals surface area contributed by atoms with Crippen LogP contribution in [0.4, 0.5) is 0 Å². The topological polar surface area (TPSA) is 185 Å². The van der Waals surface area contributed by atoms with E-state index in [0.29, 0.717) is 118 Å². The molecule has 5 aliphatic carbocycles. The Morgan fingerprint density at radius 3 is 0.533 bits per heavy atom. The minimum absolute atomic E-state index is 0.0137. The van der Waals surface area contributed by atoms with Gasteiger partial charge in [-0.1, -0.05) is 0 Å². The van der Waals surface area contributed by atoms with Crippen LogP contribution in [0.1, 0.15) is 203 Å². The van der Waals surface area contributed by atoms with E-state index < -0.39 is 0 Å². The van der Waals surface area contributed by atoms with Crippen LogP contribution in [0.5, 0.6) is 0 Å². The lowest BCUT2D eigenvalue weighted by Gasteiger charge is -2.45. The second-order valence-corrected chi connectivity index (χ2v) is 22.1. The quantitative estimate of drug-likeness (QED) is 0.0563. The molecule has 5 saturated carbocycles. The molecule has 90 heavy (non-hydrogen) atoms. The summed E-state index contributed by atoms with van der Waals surface area (Å²) in [6, 6.07) is 0. The average Bonchev–Trinajstić information content (AvgIpc) is 1.21. The van der Waals surface area contributed by atoms with Crippen molar-refractivity contribution in [1.29, 1.82) is 0 Å². The molecule has 0 bridgehead atoms. The summed E-state index contributed by atoms with van der Waals surface area (Å²) < 4.78 is 117. The van der Waals surface area contributed by atoms with Crippen molar-refractivity contribution < 1.29 is 94.7 Å². The molecular weight excluding hydrogens is 1160 g/mol. The van der Waals surface area contributed by atoms with Crippen LogP contribution >= 0.6 is 0 Å². The fourth-order valence-electron chi connectivity index (χ4n) is 13.2. The Hall–Kier alpha value is -0.800. The molecule has 0 aliphatic heterocycles. The van der Waals surface area contributed by atoms with Crippen LogP contribution in [0.25, 0.3) is 0 Å². The van der Waals surface area contributed by atoms with Gasteiger partial charge in [0.25, 0.3) is 0 Å². The second-order valence-electron chi connectivity index (χ2n) is 22.1. The summed E-state index contributed by atoms with van der Waals surface area (Å²) in [4.78, 5) is 0. The summed E-state index contributed by atoms with van der Waals surface area (Å²) in [5.41, 5.74) is 0. The molecule has 540 valence electrons. The zero-order valence-corrected chi connectivity index (χ0v) is 60.9. The Balaban J connectivity index is 0.000000564. The van der Waals surface area contributed by atoms with E-state index in [9.17, 15) is 0 Å². The minimum atomic E-state index is -0.156. The summed E-state index contributed by atoms with van der Waals surface area (Å²) in [6.45, 7) is 54.2. The molecule has 5 fully saturated rings. The molecule has 0 radical (unpaired) electrons. The lowest BCUT2D eigenvalue weighted by atomic mass is 9.86. The van der Waals surface area contributed by atoms with Gasteiger partial charge < -0.3 is 94.7 Å². The van der Waals surface area contributed by atoms with E-state index in [4.69, 9.17) is 94.7 Å². The van der Waals surface area contributed by atoms with E-state index in [0.717, 1.165) is 84.0 Å². The van der Waals surface area contributed by atoms with Gasteiger partial charge in [-0.3, -0.25) is 0 Å². The van der Waals surface area contributed by atoms with Crippen LogP contribution < -0.4 is 0 Å². The van der Waals surface area contributed by atoms with E-state index in [1.54, 1.807) is 0 Å². The molecular formula is C70H140O20. The van der Waals surface area contributed by atoms with Crippen molar-refractivity contribution in [3.05, 3.63) is 0 Å². The highest BCUT2D eigenvalue weighted by molar-refractivity contribution is 4.98. The van der Waals surface area contributed by atoms with Gasteiger partial charge in [0.1, 0.15) is 54.9 Å². The first-order valence-electron chi connectivity index (χ1n) is 36.2. The normalized spacial score (nSPS) is 32.7. The summed E-state index contributed by atoms with van der Waals surface area (Å²) in [6.07, 6.45) is 10.9. The molecule has 20 nitrogen and oxygen atoms in total. The smallest absolute Gasteiger partial charge is 0.115 e. The van der Waals surface area contributed by atoms with Gasteiger partial charge in [-0.25, -0.2) is 0 Å². The monoisotopic (exact) mass is 1300 g/mol. The van der Waals surface area contributed by atoms with Gasteiger partial charge in [-0.05, 0) is 190 Å². The summed E-state index contributed by atoms with van der Waals surface area (Å²) in [5, 5.41) is 0. The zero-order valence-electron chi connectivity index (χ0n) is 60.9. The van der Waals surface area contributed by atoms with Crippen LogP contribution in [0.3, 0.4) is 0 Å². The molecule has 20 heteroatoms. The molecule has 0 N–H and O–H groups in total. The molecule has 0 aromatic carbocycles. The molecule has 0 saturated heterocycles. The molecule has 0 aromatic rings. The highest BCUT2D eigenvalue weighted by atomic mass is 16.6. The fourth-order valence-corrected chi connectivity index (χ4v) is 13.2. The first-order chi connectivity index (χ1) is 43.9. The van der Waals surface area contributed by atoms with Crippen LogP contribution in [0.2, 0.25) is 0 Å². The number of ether oxygens (including phenoxy) is 20. The minimum Gasteiger partial charge on any atom is -0.378 e. The second kappa shape index (κ2) is 56.2. The largest absolute Gasteiger partial charge is 0.378 e. The van der Waals surface area contributed by atoms with E-state index in [1.165, 1.54) is 0 Å². The van der Waals surface area contributed by atoms with Gasteiger partial charge >= 0.3 is 0 Å². The zero-order chi connectivity index (χ0) is 66.9. The van der Waals surface area contributed by atoms with Gasteiger partial charge in [0.2, 0.25) is 0 Å². The highest BCUT2D eigenvalue weighted by Gasteiger charge is 2.49. The van der Waals surface area contributed by atoms with Crippen molar-refractivity contribution in [2.45, 2.75) is 325 Å². The van der Waals surface area contributed by atoms with E-state index >= 15 is 0 Å². The summed E-state index contributed by atoms with van der Waals surface area (Å²) in [7, 11) is 0. The standard InChI is InChI=1S/C16H32O5.3C14H28O4.C12H24O3/c1-6-17-12-11-13(18-7-2)15(20-9-4)16(21-10-5)14(12)19-8-3;3*1-5-15-11-9-10-12(16-6-2)14(18-8-4)13(11)17-7-3;1-4-13-10-7-8-11(14-5-2)12(9-10)15-6-3/h12-16H,6-11H2,1-5H3;3*11-14H,5-10H2,1-4H3;10-12H,4-9H2,1-3H3/t12-,13-,14-,15+,16?;11-,12?,13+,14+;11-,12?,13-,14-;11-,12-,13-,14-;10?,11-,12+/m01111/s1. The molecule has 0 amide bonds. The van der Waals surface area contributed by atoms with Crippen molar-refractivity contribution in [2.24, 2.45) is 0 Å². The highest BCUT2D eigenvalue weighted by Crippen LogP contribution is 2.34. The Labute approximate surface area is 549 Å². The Morgan fingerprint density at radius 1 is 0.144 bits per heavy atom. The van der Waals surface area contributed by atoms with Gasteiger partial charge in [0, 0.05) is 145 Å². The Bertz CT molecular complexity index is 1370. The maximum atomic E-state index is 5.96. The Kier molecular flexibility index (Phi) is 54.5. The van der Waals surface area contributed by atoms with Crippen molar-refractivity contribution in [3.8, 4) is 0 Å². The van der Waals surface area contributed by atoms with Crippen LogP contribution in [0, 0.1) is 0 Å². The lowest BCUT2D eigenvalue weighted by Crippen LogP contribution is -2.60. The maximum absolute atomic E-state index is 5.96. The van der Waals surface area contributed by atoms with E-state index in [-0.39, 0.29) is 116 Å². The van der Waals surface area contributed by atoms with Gasteiger partial charge in [0.05, 0.1) is 67.1 Å². The Morgan fingerprint density at radius 2 is 0.311 bits per heavy atom. The van der Waals surface area contributed by atoms with Crippen LogP contribution in [-0.4, -0.2) is 254 Å². The third-order valence-electron chi connectivity index (χ3n) is 16.3. The van der Waals surface area contributed by atoms with Crippen molar-refractivity contribution >= 4 is 0 Å². The van der Waals surface area contributed by atoms with Gasteiger partial charge in [-0.2, -0.15) is 0 Å². The SMILES string of the molecule is CCOC1CC[C@@H](OCC)[C@@H](OCC)C1.CCOC1CC[C@@H](OCC)[C@@H](OCC)[C@@H]1OCC.CCOC1CC[C@@H](OCC)[C@H](OCC)[C@H]1OCC.CCOC1[C@@H](OCC)[C@@H](OCC)C[C@H](OCC)[C@H]1OCC.CCO[C@H]1[C@H](OCC)[C@H](OCC)CC[C@H]1OCC. The lowest BCUT2D eigenvalue weighted by molar-refractivity contribution is -0.235. The van der Waals surface area contributed by atoms with E-state index in [2.05, 4.69) is 0 Å². The third-order valence-corrected chi connectivity index (χ3v) is 16.3. The number of hydrogen-bond acceptors (Lipinski definition) is 20. The fraction of sp³-hybridized carbons (Fsp3) is 1.00. The summed E-state index contributed by atoms with van der Waals surface area (Å²) in [5.74, 6) is 0. The van der Waals surface area contributed by atoms with Gasteiger partial charge in [-0.15, -0.1) is 0 Å². The van der Waals surface area contributed by atoms with Crippen molar-refractivity contribution in [2.75, 3.05) is 132 Å². The maximum Gasteiger partial charge on any atom is 0.115 e. The summed E-state index contributed by atoms with van der Waals surface area (Å²) >= 11 is 0. The van der Waals surface area contributed by atoms with Crippen LogP contribution in [-0.2, 0) is 94.7 Å². The third kappa shape index (κ3) is 31.6. The van der Waals surface area contributed by atoms with E-state index in [1.807, 2.05) is 138 Å². The molecule has 5 aliphatic rings. The molecule has 0 heterocycles. The van der Waals surface area contributed by atoms with Crippen LogP contribution in [0.15, 0.2) is 0 Å². The number of hydrogen-bond donors (Lipinski definition) is 0. The molecule has 5 rings (SSSR count). The molecule has 0 aromatic heterocycles. The first kappa shape index (κ1) is 87.2. The van der Waals surface area contributed by atoms with Crippen molar-refractivity contribution in [3.63, 3.8) is 0 Å². The van der Waals surface area contributed by atoms with Gasteiger partial charge in [0.15, 0.2) is 0 Å². The number of rotatable bonds is 40.